The number of hydrogen-bond donors (Lipinski definition) is 0. The molecule has 0 saturated carbocycles. The molecule has 2 aromatic rings. The lowest BCUT2D eigenvalue weighted by Crippen LogP contribution is -2.46. The number of anilines is 2. The van der Waals surface area contributed by atoms with E-state index in [4.69, 9.17) is 4.98 Å². The molecular weight excluding hydrogens is 350 g/mol. The summed E-state index contributed by atoms with van der Waals surface area (Å²) in [4.78, 5) is 19.3. The molecule has 0 spiro atoms. The molecule has 2 aliphatic heterocycles. The maximum Gasteiger partial charge on any atom is 0.227 e. The highest BCUT2D eigenvalue weighted by Gasteiger charge is 2.22. The zero-order valence-corrected chi connectivity index (χ0v) is 15.3. The van der Waals surface area contributed by atoms with Gasteiger partial charge in [0.1, 0.15) is 17.5 Å². The fourth-order valence-electron chi connectivity index (χ4n) is 3.71. The normalized spacial score (nSPS) is 18.7. The van der Waals surface area contributed by atoms with Crippen LogP contribution in [0.1, 0.15) is 24.8 Å². The first-order valence-electron chi connectivity index (χ1n) is 9.54. The Bertz CT molecular complexity index is 752. The zero-order chi connectivity index (χ0) is 18.6. The first kappa shape index (κ1) is 18.0. The minimum atomic E-state index is -0.584. The van der Waals surface area contributed by atoms with E-state index in [2.05, 4.69) is 24.7 Å². The summed E-state index contributed by atoms with van der Waals surface area (Å²) in [5.41, 5.74) is 0.0906. The van der Waals surface area contributed by atoms with Crippen LogP contribution < -0.4 is 9.80 Å². The number of nitrogens with zero attached hydrogens (tertiary/aromatic N) is 6. The monoisotopic (exact) mass is 374 g/mol. The van der Waals surface area contributed by atoms with Crippen LogP contribution in [0.25, 0.3) is 0 Å². The Balaban J connectivity index is 1.38. The Morgan fingerprint density at radius 1 is 0.852 bits per heavy atom. The summed E-state index contributed by atoms with van der Waals surface area (Å²) >= 11 is 0. The fourth-order valence-corrected chi connectivity index (χ4v) is 3.71. The van der Waals surface area contributed by atoms with Crippen LogP contribution in [0.5, 0.6) is 0 Å². The molecule has 4 rings (SSSR count). The second kappa shape index (κ2) is 8.12. The third kappa shape index (κ3) is 4.16. The van der Waals surface area contributed by atoms with Gasteiger partial charge in [-0.15, -0.1) is 0 Å². The topological polar surface area (TPSA) is 48.4 Å². The van der Waals surface area contributed by atoms with E-state index in [0.717, 1.165) is 63.4 Å². The molecule has 6 nitrogen and oxygen atoms in total. The molecular formula is C19H24F2N6. The van der Waals surface area contributed by atoms with E-state index in [1.54, 1.807) is 0 Å². The van der Waals surface area contributed by atoms with Gasteiger partial charge in [-0.25, -0.2) is 13.8 Å². The highest BCUT2D eigenvalue weighted by molar-refractivity contribution is 5.44. The summed E-state index contributed by atoms with van der Waals surface area (Å²) in [6.45, 7) is 5.28. The summed E-state index contributed by atoms with van der Waals surface area (Å²) in [5.74, 6) is 0.556. The Hall–Kier alpha value is -2.35. The quantitative estimate of drug-likeness (QED) is 0.819. The van der Waals surface area contributed by atoms with Crippen LogP contribution in [0, 0.1) is 11.6 Å². The Morgan fingerprint density at radius 3 is 2.26 bits per heavy atom. The fraction of sp³-hybridized carbons (Fsp3) is 0.526. The Kier molecular flexibility index (Phi) is 5.42. The maximum absolute atomic E-state index is 13.8. The van der Waals surface area contributed by atoms with Gasteiger partial charge in [-0.1, -0.05) is 0 Å². The summed E-state index contributed by atoms with van der Waals surface area (Å²) in [6, 6.07) is 1.94. The number of piperazine rings is 1. The lowest BCUT2D eigenvalue weighted by molar-refractivity contribution is 0.242. The van der Waals surface area contributed by atoms with Crippen LogP contribution >= 0.6 is 0 Å². The number of halogens is 2. The van der Waals surface area contributed by atoms with Crippen molar-refractivity contribution in [2.75, 3.05) is 49.1 Å². The van der Waals surface area contributed by atoms with Crippen molar-refractivity contribution < 1.29 is 8.78 Å². The highest BCUT2D eigenvalue weighted by atomic mass is 19.1. The van der Waals surface area contributed by atoms with E-state index in [1.165, 1.54) is 19.3 Å². The van der Waals surface area contributed by atoms with E-state index in [9.17, 15) is 8.78 Å². The number of hydrogen-bond acceptors (Lipinski definition) is 6. The third-order valence-corrected chi connectivity index (χ3v) is 5.30. The van der Waals surface area contributed by atoms with Crippen molar-refractivity contribution in [1.29, 1.82) is 0 Å². The second-order valence-corrected chi connectivity index (χ2v) is 7.11. The molecule has 144 valence electrons. The van der Waals surface area contributed by atoms with E-state index < -0.39 is 11.6 Å². The lowest BCUT2D eigenvalue weighted by Gasteiger charge is -2.36. The van der Waals surface area contributed by atoms with Crippen molar-refractivity contribution in [3.63, 3.8) is 0 Å². The van der Waals surface area contributed by atoms with E-state index in [1.807, 2.05) is 12.3 Å². The Labute approximate surface area is 157 Å². The number of piperidine rings is 1. The van der Waals surface area contributed by atoms with Crippen LogP contribution in [0.15, 0.2) is 24.7 Å². The minimum Gasteiger partial charge on any atom is -0.354 e. The smallest absolute Gasteiger partial charge is 0.227 e. The van der Waals surface area contributed by atoms with Crippen LogP contribution in [0.3, 0.4) is 0 Å². The van der Waals surface area contributed by atoms with Crippen molar-refractivity contribution in [1.82, 2.24) is 19.9 Å². The van der Waals surface area contributed by atoms with Crippen LogP contribution in [-0.2, 0) is 6.54 Å². The third-order valence-electron chi connectivity index (χ3n) is 5.30. The molecule has 2 saturated heterocycles. The van der Waals surface area contributed by atoms with Crippen molar-refractivity contribution >= 4 is 11.8 Å². The molecule has 27 heavy (non-hydrogen) atoms. The van der Waals surface area contributed by atoms with Gasteiger partial charge in [-0.3, -0.25) is 9.88 Å². The van der Waals surface area contributed by atoms with Gasteiger partial charge in [-0.05, 0) is 25.3 Å². The summed E-state index contributed by atoms with van der Waals surface area (Å²) in [7, 11) is 0. The molecule has 2 fully saturated rings. The zero-order valence-electron chi connectivity index (χ0n) is 15.3. The average Bonchev–Trinajstić information content (AvgIpc) is 2.72. The molecule has 0 atom stereocenters. The predicted molar refractivity (Wildman–Crippen MR) is 99.7 cm³/mol. The molecule has 0 radical (unpaired) electrons. The molecule has 2 aromatic heterocycles. The van der Waals surface area contributed by atoms with Crippen LogP contribution in [-0.4, -0.2) is 59.1 Å². The Morgan fingerprint density at radius 2 is 1.56 bits per heavy atom. The van der Waals surface area contributed by atoms with Crippen molar-refractivity contribution in [2.45, 2.75) is 25.8 Å². The van der Waals surface area contributed by atoms with Gasteiger partial charge in [0, 0.05) is 57.6 Å². The van der Waals surface area contributed by atoms with Gasteiger partial charge in [0.15, 0.2) is 0 Å². The standard InChI is InChI=1S/C19H24F2N6/c20-16-12-22-13-17(21)15(16)14-25-8-10-26(11-9-25)18-4-5-23-19(24-18)27-6-2-1-3-7-27/h4-5,12-13H,1-3,6-11,14H2. The molecule has 8 heteroatoms. The molecule has 0 bridgehead atoms. The molecule has 0 N–H and O–H groups in total. The summed E-state index contributed by atoms with van der Waals surface area (Å²) in [5, 5.41) is 0. The SMILES string of the molecule is Fc1cncc(F)c1CN1CCN(c2ccnc(N3CCCCC3)n2)CC1. The summed E-state index contributed by atoms with van der Waals surface area (Å²) in [6.07, 6.45) is 7.61. The summed E-state index contributed by atoms with van der Waals surface area (Å²) < 4.78 is 27.6. The number of pyridine rings is 1. The van der Waals surface area contributed by atoms with Crippen molar-refractivity contribution in [3.8, 4) is 0 Å². The molecule has 0 aromatic carbocycles. The highest BCUT2D eigenvalue weighted by Crippen LogP contribution is 2.21. The minimum absolute atomic E-state index is 0.0906. The molecule has 0 aliphatic carbocycles. The van der Waals surface area contributed by atoms with Crippen LogP contribution in [0.2, 0.25) is 0 Å². The first-order valence-corrected chi connectivity index (χ1v) is 9.54. The van der Waals surface area contributed by atoms with Gasteiger partial charge in [0.05, 0.1) is 12.4 Å². The number of rotatable bonds is 4. The first-order chi connectivity index (χ1) is 13.2. The van der Waals surface area contributed by atoms with E-state index in [-0.39, 0.29) is 12.1 Å². The second-order valence-electron chi connectivity index (χ2n) is 7.11. The van der Waals surface area contributed by atoms with Gasteiger partial charge >= 0.3 is 0 Å². The van der Waals surface area contributed by atoms with Gasteiger partial charge < -0.3 is 9.80 Å². The van der Waals surface area contributed by atoms with Gasteiger partial charge in [0.2, 0.25) is 5.95 Å². The van der Waals surface area contributed by atoms with E-state index >= 15 is 0 Å². The maximum atomic E-state index is 13.8. The molecule has 0 unspecified atom stereocenters. The van der Waals surface area contributed by atoms with Crippen LogP contribution in [0.4, 0.5) is 20.5 Å². The molecule has 0 amide bonds. The largest absolute Gasteiger partial charge is 0.354 e. The molecule has 2 aliphatic rings. The lowest BCUT2D eigenvalue weighted by atomic mass is 10.1. The predicted octanol–water partition coefficient (Wildman–Crippen LogP) is 2.46. The number of aromatic nitrogens is 3. The van der Waals surface area contributed by atoms with E-state index in [0.29, 0.717) is 0 Å². The van der Waals surface area contributed by atoms with Crippen molar-refractivity contribution in [2.24, 2.45) is 0 Å². The average molecular weight is 374 g/mol. The molecule has 4 heterocycles. The van der Waals surface area contributed by atoms with Gasteiger partial charge in [0.25, 0.3) is 0 Å². The van der Waals surface area contributed by atoms with Gasteiger partial charge in [-0.2, -0.15) is 4.98 Å². The van der Waals surface area contributed by atoms with Crippen molar-refractivity contribution in [3.05, 3.63) is 41.9 Å².